The van der Waals surface area contributed by atoms with Crippen LogP contribution in [-0.2, 0) is 6.54 Å². The van der Waals surface area contributed by atoms with Crippen LogP contribution in [0.2, 0.25) is 0 Å². The first-order chi connectivity index (χ1) is 9.10. The molecule has 0 aromatic heterocycles. The van der Waals surface area contributed by atoms with Crippen LogP contribution in [-0.4, -0.2) is 0 Å². The number of nitrogens with one attached hydrogen (secondary N) is 1. The van der Waals surface area contributed by atoms with Gasteiger partial charge in [0.15, 0.2) is 0 Å². The summed E-state index contributed by atoms with van der Waals surface area (Å²) in [6.07, 6.45) is 0. The summed E-state index contributed by atoms with van der Waals surface area (Å²) in [4.78, 5) is 0. The third-order valence-electron chi connectivity index (χ3n) is 2.82. The summed E-state index contributed by atoms with van der Waals surface area (Å²) in [5, 5.41) is 12.2. The highest BCUT2D eigenvalue weighted by Crippen LogP contribution is 2.24. The lowest BCUT2D eigenvalue weighted by Gasteiger charge is -2.10. The maximum atomic E-state index is 8.82. The van der Waals surface area contributed by atoms with Crippen molar-refractivity contribution in [1.29, 1.82) is 5.26 Å². The van der Waals surface area contributed by atoms with E-state index in [1.165, 1.54) is 11.1 Å². The quantitative estimate of drug-likeness (QED) is 0.813. The van der Waals surface area contributed by atoms with Crippen molar-refractivity contribution in [2.24, 2.45) is 0 Å². The Bertz CT molecular complexity index is 645. The van der Waals surface area contributed by atoms with Crippen LogP contribution in [0.5, 0.6) is 0 Å². The van der Waals surface area contributed by atoms with E-state index < -0.39 is 0 Å². The molecule has 4 heteroatoms. The molecule has 0 amide bonds. The summed E-state index contributed by atoms with van der Waals surface area (Å²) in [6.45, 7) is 2.81. The summed E-state index contributed by atoms with van der Waals surface area (Å²) in [5.41, 5.74) is 4.06. The van der Waals surface area contributed by atoms with E-state index in [1.54, 1.807) is 6.07 Å². The fourth-order valence-electron chi connectivity index (χ4n) is 1.67. The van der Waals surface area contributed by atoms with E-state index in [9.17, 15) is 0 Å². The smallest absolute Gasteiger partial charge is 0.0992 e. The number of anilines is 1. The molecule has 19 heavy (non-hydrogen) atoms. The van der Waals surface area contributed by atoms with E-state index in [0.29, 0.717) is 5.56 Å². The molecule has 0 spiro atoms. The highest BCUT2D eigenvalue weighted by Gasteiger charge is 2.02. The molecular formula is C15H12Br2N2. The lowest BCUT2D eigenvalue weighted by molar-refractivity contribution is 1.14. The lowest BCUT2D eigenvalue weighted by atomic mass is 10.1. The van der Waals surface area contributed by atoms with Crippen molar-refractivity contribution in [2.45, 2.75) is 13.5 Å². The van der Waals surface area contributed by atoms with E-state index in [4.69, 9.17) is 5.26 Å². The Morgan fingerprint density at radius 1 is 1.11 bits per heavy atom. The monoisotopic (exact) mass is 378 g/mol. The first-order valence-electron chi connectivity index (χ1n) is 5.78. The van der Waals surface area contributed by atoms with Crippen molar-refractivity contribution >= 4 is 37.5 Å². The molecule has 2 rings (SSSR count). The molecule has 2 aromatic carbocycles. The maximum absolute atomic E-state index is 8.82. The molecule has 0 aliphatic rings. The Kier molecular flexibility index (Phi) is 4.62. The third kappa shape index (κ3) is 3.59. The number of halogens is 2. The number of hydrogen-bond donors (Lipinski definition) is 1. The van der Waals surface area contributed by atoms with Crippen LogP contribution < -0.4 is 5.32 Å². The molecule has 0 saturated heterocycles. The van der Waals surface area contributed by atoms with Crippen LogP contribution in [0, 0.1) is 18.3 Å². The van der Waals surface area contributed by atoms with Crippen molar-refractivity contribution < 1.29 is 0 Å². The zero-order valence-electron chi connectivity index (χ0n) is 10.4. The zero-order valence-corrected chi connectivity index (χ0v) is 13.5. The van der Waals surface area contributed by atoms with Gasteiger partial charge in [-0.25, -0.2) is 0 Å². The second-order valence-electron chi connectivity index (χ2n) is 4.24. The Labute approximate surface area is 129 Å². The minimum atomic E-state index is 0.649. The molecule has 2 aromatic rings. The van der Waals surface area contributed by atoms with Gasteiger partial charge in [-0.1, -0.05) is 28.1 Å². The molecule has 0 aliphatic carbocycles. The maximum Gasteiger partial charge on any atom is 0.0992 e. The number of hydrogen-bond acceptors (Lipinski definition) is 2. The van der Waals surface area contributed by atoms with Crippen LogP contribution >= 0.6 is 31.9 Å². The van der Waals surface area contributed by atoms with Crippen molar-refractivity contribution in [3.8, 4) is 6.07 Å². The third-order valence-corrected chi connectivity index (χ3v) is 4.33. The number of benzene rings is 2. The first kappa shape index (κ1) is 14.1. The SMILES string of the molecule is Cc1ccc(CNc2ccc(C#N)cc2Br)cc1Br. The average Bonchev–Trinajstić information content (AvgIpc) is 2.41. The highest BCUT2D eigenvalue weighted by molar-refractivity contribution is 9.10. The first-order valence-corrected chi connectivity index (χ1v) is 7.37. The van der Waals surface area contributed by atoms with E-state index in [2.05, 4.69) is 68.4 Å². The van der Waals surface area contributed by atoms with Crippen molar-refractivity contribution in [1.82, 2.24) is 0 Å². The summed E-state index contributed by atoms with van der Waals surface area (Å²) in [5.74, 6) is 0. The number of aryl methyl sites for hydroxylation is 1. The van der Waals surface area contributed by atoms with Crippen molar-refractivity contribution in [3.63, 3.8) is 0 Å². The molecule has 0 unspecified atom stereocenters. The van der Waals surface area contributed by atoms with Crippen molar-refractivity contribution in [3.05, 3.63) is 62.0 Å². The van der Waals surface area contributed by atoms with Gasteiger partial charge in [-0.15, -0.1) is 0 Å². The molecule has 0 aliphatic heterocycles. The summed E-state index contributed by atoms with van der Waals surface area (Å²) < 4.78 is 2.02. The van der Waals surface area contributed by atoms with Crippen LogP contribution in [0.1, 0.15) is 16.7 Å². The summed E-state index contributed by atoms with van der Waals surface area (Å²) in [7, 11) is 0. The predicted molar refractivity (Wildman–Crippen MR) is 85.1 cm³/mol. The lowest BCUT2D eigenvalue weighted by Crippen LogP contribution is -2.00. The van der Waals surface area contributed by atoms with Crippen LogP contribution in [0.15, 0.2) is 45.3 Å². The fourth-order valence-corrected chi connectivity index (χ4v) is 2.62. The van der Waals surface area contributed by atoms with Gasteiger partial charge in [0.1, 0.15) is 0 Å². The number of rotatable bonds is 3. The van der Waals surface area contributed by atoms with Gasteiger partial charge in [0.05, 0.1) is 11.6 Å². The van der Waals surface area contributed by atoms with Gasteiger partial charge in [0.2, 0.25) is 0 Å². The molecule has 0 saturated carbocycles. The number of nitrogens with zero attached hydrogens (tertiary/aromatic N) is 1. The van der Waals surface area contributed by atoms with Crippen molar-refractivity contribution in [2.75, 3.05) is 5.32 Å². The Morgan fingerprint density at radius 2 is 1.89 bits per heavy atom. The molecule has 0 radical (unpaired) electrons. The van der Waals surface area contributed by atoms with E-state index >= 15 is 0 Å². The average molecular weight is 380 g/mol. The van der Waals surface area contributed by atoms with Gasteiger partial charge in [0.25, 0.3) is 0 Å². The highest BCUT2D eigenvalue weighted by atomic mass is 79.9. The standard InChI is InChI=1S/C15H12Br2N2/c1-10-2-3-12(7-13(10)16)9-19-15-5-4-11(8-18)6-14(15)17/h2-7,19H,9H2,1H3. The topological polar surface area (TPSA) is 35.8 Å². The largest absolute Gasteiger partial charge is 0.380 e. The summed E-state index contributed by atoms with van der Waals surface area (Å²) >= 11 is 7.00. The van der Waals surface area contributed by atoms with Gasteiger partial charge in [-0.3, -0.25) is 0 Å². The van der Waals surface area contributed by atoms with Gasteiger partial charge < -0.3 is 5.32 Å². The number of nitriles is 1. The van der Waals surface area contributed by atoms with E-state index in [0.717, 1.165) is 21.2 Å². The van der Waals surface area contributed by atoms with Crippen LogP contribution in [0.25, 0.3) is 0 Å². The fraction of sp³-hybridized carbons (Fsp3) is 0.133. The molecule has 0 bridgehead atoms. The molecule has 0 atom stereocenters. The van der Waals surface area contributed by atoms with Crippen LogP contribution in [0.4, 0.5) is 5.69 Å². The molecular weight excluding hydrogens is 368 g/mol. The van der Waals surface area contributed by atoms with E-state index in [-0.39, 0.29) is 0 Å². The Balaban J connectivity index is 2.10. The minimum absolute atomic E-state index is 0.649. The summed E-state index contributed by atoms with van der Waals surface area (Å²) in [6, 6.07) is 13.9. The zero-order chi connectivity index (χ0) is 13.8. The second kappa shape index (κ2) is 6.23. The van der Waals surface area contributed by atoms with Gasteiger partial charge in [-0.05, 0) is 58.2 Å². The van der Waals surface area contributed by atoms with Crippen LogP contribution in [0.3, 0.4) is 0 Å². The molecule has 1 N–H and O–H groups in total. The Morgan fingerprint density at radius 3 is 2.53 bits per heavy atom. The second-order valence-corrected chi connectivity index (χ2v) is 5.95. The minimum Gasteiger partial charge on any atom is -0.380 e. The molecule has 2 nitrogen and oxygen atoms in total. The van der Waals surface area contributed by atoms with Gasteiger partial charge in [-0.2, -0.15) is 5.26 Å². The Hall–Kier alpha value is -1.31. The predicted octanol–water partition coefficient (Wildman–Crippen LogP) is 5.00. The van der Waals surface area contributed by atoms with Gasteiger partial charge in [0, 0.05) is 21.2 Å². The normalized spacial score (nSPS) is 10.0. The molecule has 96 valence electrons. The molecule has 0 fully saturated rings. The van der Waals surface area contributed by atoms with Gasteiger partial charge >= 0.3 is 0 Å². The molecule has 0 heterocycles. The van der Waals surface area contributed by atoms with E-state index in [1.807, 2.05) is 12.1 Å².